The molecule has 0 spiro atoms. The molecule has 52 heavy (non-hydrogen) atoms. The smallest absolute Gasteiger partial charge is 0.394 e. The summed E-state index contributed by atoms with van der Waals surface area (Å²) in [6.45, 7) is 6.23. The summed E-state index contributed by atoms with van der Waals surface area (Å²) in [4.78, 5) is 98.4. The number of carbonyl (C=O) groups is 8. The number of anilines is 1. The van der Waals surface area contributed by atoms with Crippen molar-refractivity contribution in [3.05, 3.63) is 65.2 Å². The Bertz CT molecular complexity index is 1620. The lowest BCUT2D eigenvalue weighted by molar-refractivity contribution is -0.150. The fourth-order valence-corrected chi connectivity index (χ4v) is 4.87. The molecule has 2 aromatic carbocycles. The lowest BCUT2D eigenvalue weighted by atomic mass is 9.97. The van der Waals surface area contributed by atoms with Crippen LogP contribution in [0.4, 0.5) is 5.69 Å². The van der Waals surface area contributed by atoms with E-state index in [2.05, 4.69) is 21.3 Å². The van der Waals surface area contributed by atoms with Gasteiger partial charge < -0.3 is 52.7 Å². The van der Waals surface area contributed by atoms with Crippen LogP contribution in [0.15, 0.2) is 48.5 Å². The van der Waals surface area contributed by atoms with Gasteiger partial charge in [0, 0.05) is 12.2 Å². The SMILES string of the molecule is CC(C)C[C@H](NC(=O)C(NC(=O)[C@@H](N)CNC(=O)C(=O)O)C(C)C)C(=O)N[C@@H](Cc1ccccc1)[C@@H](O)C(=O)Nc1cc(C(=O)O)cc(C(=O)O)c1. The molecule has 0 saturated carbocycles. The molecule has 0 bridgehead atoms. The maximum Gasteiger partial charge on any atom is 0.394 e. The Balaban J connectivity index is 2.32. The second kappa shape index (κ2) is 19.5. The van der Waals surface area contributed by atoms with Crippen molar-refractivity contribution in [2.75, 3.05) is 11.9 Å². The Hall–Kier alpha value is -5.88. The van der Waals surface area contributed by atoms with Gasteiger partial charge in [-0.25, -0.2) is 14.4 Å². The number of aliphatic hydroxyl groups is 1. The van der Waals surface area contributed by atoms with Crippen molar-refractivity contribution in [3.63, 3.8) is 0 Å². The number of hydrogen-bond donors (Lipinski definition) is 10. The van der Waals surface area contributed by atoms with Gasteiger partial charge >= 0.3 is 23.8 Å². The van der Waals surface area contributed by atoms with Crippen LogP contribution < -0.4 is 32.3 Å². The van der Waals surface area contributed by atoms with Gasteiger partial charge in [-0.1, -0.05) is 58.0 Å². The average molecular weight is 729 g/mol. The highest BCUT2D eigenvalue weighted by Gasteiger charge is 2.34. The number of amides is 5. The Morgan fingerprint density at radius 3 is 1.81 bits per heavy atom. The molecule has 0 heterocycles. The summed E-state index contributed by atoms with van der Waals surface area (Å²) in [5.74, 6) is -10.3. The lowest BCUT2D eigenvalue weighted by Crippen LogP contribution is -2.60. The normalized spacial score (nSPS) is 13.8. The highest BCUT2D eigenvalue weighted by atomic mass is 16.4. The molecule has 0 aliphatic carbocycles. The van der Waals surface area contributed by atoms with Crippen molar-refractivity contribution >= 4 is 53.1 Å². The molecule has 0 saturated heterocycles. The predicted octanol–water partition coefficient (Wildman–Crippen LogP) is -0.690. The molecule has 0 aliphatic rings. The molecule has 2 aromatic rings. The molecule has 5 atom stereocenters. The third kappa shape index (κ3) is 13.1. The topological polar surface area (TPSA) is 304 Å². The highest BCUT2D eigenvalue weighted by Crippen LogP contribution is 2.18. The average Bonchev–Trinajstić information content (AvgIpc) is 3.07. The second-order valence-electron chi connectivity index (χ2n) is 12.7. The van der Waals surface area contributed by atoms with Gasteiger partial charge in [-0.3, -0.25) is 24.0 Å². The number of aromatic carboxylic acids is 2. The molecular weight excluding hydrogens is 684 g/mol. The third-order valence-electron chi connectivity index (χ3n) is 7.57. The summed E-state index contributed by atoms with van der Waals surface area (Å²) in [5, 5.41) is 50.6. The van der Waals surface area contributed by atoms with E-state index in [1.807, 2.05) is 5.32 Å². The molecule has 2 rings (SSSR count). The number of carboxylic acids is 3. The zero-order chi connectivity index (χ0) is 39.3. The molecule has 0 radical (unpaired) electrons. The first-order valence-corrected chi connectivity index (χ1v) is 16.1. The Kier molecular flexibility index (Phi) is 15.9. The minimum atomic E-state index is -1.97. The van der Waals surface area contributed by atoms with E-state index < -0.39 is 101 Å². The number of aliphatic carboxylic acids is 1. The van der Waals surface area contributed by atoms with E-state index in [1.165, 1.54) is 0 Å². The molecule has 11 N–H and O–H groups in total. The van der Waals surface area contributed by atoms with E-state index in [4.69, 9.17) is 10.8 Å². The standard InChI is InChI=1S/C34H44N6O12/c1-16(2)10-24(39-29(44)25(17(3)4)40-27(42)22(35)15-36-31(46)34(51)52)28(43)38-23(11-18-8-6-5-7-9-18)26(41)30(45)37-21-13-19(32(47)48)12-20(14-21)33(49)50/h5-9,12-14,16-17,22-26,41H,10-11,15,35H2,1-4H3,(H,36,46)(H,37,45)(H,38,43)(H,39,44)(H,40,42)(H,47,48)(H,49,50)(H,51,52)/t22-,23-,24-,25?,26+/m0/s1. The third-order valence-corrected chi connectivity index (χ3v) is 7.57. The molecule has 18 nitrogen and oxygen atoms in total. The molecule has 0 aliphatic heterocycles. The first-order valence-electron chi connectivity index (χ1n) is 16.1. The quantitative estimate of drug-likeness (QED) is 0.0852. The van der Waals surface area contributed by atoms with Crippen LogP contribution in [-0.4, -0.2) is 105 Å². The van der Waals surface area contributed by atoms with Crippen LogP contribution in [0.5, 0.6) is 0 Å². The maximum atomic E-state index is 13.8. The largest absolute Gasteiger partial charge is 0.478 e. The lowest BCUT2D eigenvalue weighted by Gasteiger charge is -2.29. The molecule has 0 aromatic heterocycles. The first kappa shape index (κ1) is 42.3. The van der Waals surface area contributed by atoms with Crippen LogP contribution in [0.1, 0.15) is 60.4 Å². The van der Waals surface area contributed by atoms with Crippen LogP contribution >= 0.6 is 0 Å². The van der Waals surface area contributed by atoms with Crippen LogP contribution in [0.3, 0.4) is 0 Å². The van der Waals surface area contributed by atoms with E-state index in [0.717, 1.165) is 18.2 Å². The van der Waals surface area contributed by atoms with Crippen molar-refractivity contribution in [3.8, 4) is 0 Å². The number of carboxylic acid groups (broad SMARTS) is 3. The number of hydrogen-bond acceptors (Lipinski definition) is 10. The van der Waals surface area contributed by atoms with Crippen LogP contribution in [0, 0.1) is 11.8 Å². The van der Waals surface area contributed by atoms with Crippen molar-refractivity contribution in [1.82, 2.24) is 21.3 Å². The summed E-state index contributed by atoms with van der Waals surface area (Å²) in [6.07, 6.45) is -1.97. The van der Waals surface area contributed by atoms with E-state index in [1.54, 1.807) is 58.0 Å². The van der Waals surface area contributed by atoms with Crippen molar-refractivity contribution < 1.29 is 58.8 Å². The van der Waals surface area contributed by atoms with Crippen LogP contribution in [0.2, 0.25) is 0 Å². The number of nitrogens with two attached hydrogens (primary N) is 1. The van der Waals surface area contributed by atoms with Gasteiger partial charge in [-0.2, -0.15) is 0 Å². The fraction of sp³-hybridized carbons (Fsp3) is 0.412. The maximum absolute atomic E-state index is 13.8. The monoisotopic (exact) mass is 728 g/mol. The van der Waals surface area contributed by atoms with E-state index in [-0.39, 0.29) is 24.4 Å². The summed E-state index contributed by atoms with van der Waals surface area (Å²) in [7, 11) is 0. The van der Waals surface area contributed by atoms with Crippen molar-refractivity contribution in [2.45, 2.75) is 70.8 Å². The number of aliphatic hydroxyl groups excluding tert-OH is 1. The van der Waals surface area contributed by atoms with E-state index >= 15 is 0 Å². The zero-order valence-corrected chi connectivity index (χ0v) is 28.9. The Morgan fingerprint density at radius 2 is 1.31 bits per heavy atom. The number of carbonyl (C=O) groups excluding carboxylic acids is 5. The molecule has 18 heteroatoms. The molecule has 1 unspecified atom stereocenters. The summed E-state index contributed by atoms with van der Waals surface area (Å²) < 4.78 is 0. The molecular formula is C34H44N6O12. The first-order chi connectivity index (χ1) is 24.3. The predicted molar refractivity (Wildman–Crippen MR) is 184 cm³/mol. The highest BCUT2D eigenvalue weighted by molar-refractivity contribution is 6.31. The van der Waals surface area contributed by atoms with Crippen molar-refractivity contribution in [1.29, 1.82) is 0 Å². The van der Waals surface area contributed by atoms with E-state index in [0.29, 0.717) is 5.56 Å². The molecule has 0 fully saturated rings. The Morgan fingerprint density at radius 1 is 0.731 bits per heavy atom. The van der Waals surface area contributed by atoms with Crippen molar-refractivity contribution in [2.24, 2.45) is 17.6 Å². The minimum Gasteiger partial charge on any atom is -0.478 e. The molecule has 5 amide bonds. The van der Waals surface area contributed by atoms with Gasteiger partial charge in [0.25, 0.3) is 5.91 Å². The van der Waals surface area contributed by atoms with Gasteiger partial charge in [0.2, 0.25) is 17.7 Å². The molecule has 282 valence electrons. The minimum absolute atomic E-state index is 0.0807. The second-order valence-corrected chi connectivity index (χ2v) is 12.7. The van der Waals surface area contributed by atoms with Gasteiger partial charge in [0.15, 0.2) is 6.10 Å². The Labute approximate surface area is 298 Å². The van der Waals surface area contributed by atoms with E-state index in [9.17, 15) is 53.7 Å². The number of rotatable bonds is 18. The van der Waals surface area contributed by atoms with Gasteiger partial charge in [0.1, 0.15) is 18.1 Å². The van der Waals surface area contributed by atoms with Crippen LogP contribution in [0.25, 0.3) is 0 Å². The number of nitrogens with one attached hydrogen (secondary N) is 5. The van der Waals surface area contributed by atoms with Gasteiger partial charge in [-0.15, -0.1) is 0 Å². The fourth-order valence-electron chi connectivity index (χ4n) is 4.87. The van der Waals surface area contributed by atoms with Gasteiger partial charge in [-0.05, 0) is 48.4 Å². The summed E-state index contributed by atoms with van der Waals surface area (Å²) >= 11 is 0. The summed E-state index contributed by atoms with van der Waals surface area (Å²) in [6, 6.07) is 6.17. The van der Waals surface area contributed by atoms with Gasteiger partial charge in [0.05, 0.1) is 17.2 Å². The number of benzene rings is 2. The summed E-state index contributed by atoms with van der Waals surface area (Å²) in [5.41, 5.74) is 5.26. The zero-order valence-electron chi connectivity index (χ0n) is 28.9. The van der Waals surface area contributed by atoms with Crippen LogP contribution in [-0.2, 0) is 35.2 Å².